The highest BCUT2D eigenvalue weighted by Gasteiger charge is 2.09. The van der Waals surface area contributed by atoms with E-state index in [0.29, 0.717) is 12.0 Å². The van der Waals surface area contributed by atoms with Crippen molar-refractivity contribution in [3.63, 3.8) is 0 Å². The zero-order chi connectivity index (χ0) is 12.4. The summed E-state index contributed by atoms with van der Waals surface area (Å²) in [5.74, 6) is 0.553. The summed E-state index contributed by atoms with van der Waals surface area (Å²) in [6.45, 7) is 6.62. The monoisotopic (exact) mass is 228 g/mol. The molecule has 2 rings (SSSR count). The van der Waals surface area contributed by atoms with Gasteiger partial charge >= 0.3 is 0 Å². The second-order valence-corrected chi connectivity index (χ2v) is 4.84. The van der Waals surface area contributed by atoms with E-state index in [4.69, 9.17) is 0 Å². The van der Waals surface area contributed by atoms with Crippen LogP contribution >= 0.6 is 0 Å². The van der Waals surface area contributed by atoms with Gasteiger partial charge in [0.25, 0.3) is 0 Å². The van der Waals surface area contributed by atoms with Crippen molar-refractivity contribution in [3.05, 3.63) is 41.6 Å². The van der Waals surface area contributed by atoms with Gasteiger partial charge in [-0.25, -0.2) is 0 Å². The maximum atomic E-state index is 4.43. The molecule has 1 heterocycles. The predicted molar refractivity (Wildman–Crippen MR) is 73.3 cm³/mol. The van der Waals surface area contributed by atoms with Crippen molar-refractivity contribution < 1.29 is 0 Å². The van der Waals surface area contributed by atoms with E-state index >= 15 is 0 Å². The van der Waals surface area contributed by atoms with Crippen molar-refractivity contribution in [2.45, 2.75) is 32.7 Å². The minimum atomic E-state index is 0.350. The van der Waals surface area contributed by atoms with Gasteiger partial charge in [-0.1, -0.05) is 19.9 Å². The molecule has 1 aromatic carbocycles. The summed E-state index contributed by atoms with van der Waals surface area (Å²) in [5.41, 5.74) is 3.77. The Labute approximate surface area is 103 Å². The number of nitrogens with one attached hydrogen (secondary N) is 1. The molecule has 90 valence electrons. The molecule has 17 heavy (non-hydrogen) atoms. The van der Waals surface area contributed by atoms with E-state index in [2.05, 4.69) is 55.3 Å². The topological polar surface area (TPSA) is 24.9 Å². The van der Waals surface area contributed by atoms with Crippen LogP contribution in [-0.2, 0) is 0 Å². The minimum absolute atomic E-state index is 0.350. The molecule has 2 nitrogen and oxygen atoms in total. The molecular weight excluding hydrogens is 208 g/mol. The van der Waals surface area contributed by atoms with Crippen LogP contribution in [0.4, 0.5) is 0 Å². The van der Waals surface area contributed by atoms with E-state index in [1.165, 1.54) is 16.5 Å². The Bertz CT molecular complexity index is 517. The highest BCUT2D eigenvalue weighted by atomic mass is 14.9. The van der Waals surface area contributed by atoms with E-state index in [0.717, 1.165) is 5.52 Å². The van der Waals surface area contributed by atoms with Gasteiger partial charge in [-0.2, -0.15) is 0 Å². The van der Waals surface area contributed by atoms with Crippen LogP contribution < -0.4 is 5.32 Å². The van der Waals surface area contributed by atoms with Crippen molar-refractivity contribution >= 4 is 10.9 Å². The molecule has 1 aromatic heterocycles. The van der Waals surface area contributed by atoms with Gasteiger partial charge in [-0.15, -0.1) is 0 Å². The fourth-order valence-electron chi connectivity index (χ4n) is 2.08. The smallest absolute Gasteiger partial charge is 0.0705 e. The average Bonchev–Trinajstić information content (AvgIpc) is 2.36. The van der Waals surface area contributed by atoms with E-state index < -0.39 is 0 Å². The molecule has 0 spiro atoms. The quantitative estimate of drug-likeness (QED) is 0.867. The number of hydrogen-bond donors (Lipinski definition) is 1. The first-order valence-corrected chi connectivity index (χ1v) is 6.19. The van der Waals surface area contributed by atoms with Crippen LogP contribution in [0.25, 0.3) is 10.9 Å². The number of aromatic nitrogens is 1. The van der Waals surface area contributed by atoms with Crippen LogP contribution in [0.15, 0.2) is 30.5 Å². The van der Waals surface area contributed by atoms with E-state index in [9.17, 15) is 0 Å². The molecule has 1 N–H and O–H groups in total. The van der Waals surface area contributed by atoms with Crippen molar-refractivity contribution in [1.29, 1.82) is 0 Å². The lowest BCUT2D eigenvalue weighted by atomic mass is 9.97. The Kier molecular flexibility index (Phi) is 3.43. The fraction of sp³-hybridized carbons (Fsp3) is 0.400. The maximum absolute atomic E-state index is 4.43. The molecule has 2 aromatic rings. The molecule has 0 fully saturated rings. The van der Waals surface area contributed by atoms with Crippen LogP contribution in [0.2, 0.25) is 0 Å². The van der Waals surface area contributed by atoms with Crippen molar-refractivity contribution in [2.75, 3.05) is 7.05 Å². The highest BCUT2D eigenvalue weighted by Crippen LogP contribution is 2.26. The molecule has 1 atom stereocenters. The molecule has 0 radical (unpaired) electrons. The zero-order valence-corrected chi connectivity index (χ0v) is 11.0. The van der Waals surface area contributed by atoms with Gasteiger partial charge in [-0.3, -0.25) is 4.98 Å². The maximum Gasteiger partial charge on any atom is 0.0705 e. The summed E-state index contributed by atoms with van der Waals surface area (Å²) in [4.78, 5) is 4.43. The second kappa shape index (κ2) is 4.84. The van der Waals surface area contributed by atoms with Crippen molar-refractivity contribution in [3.8, 4) is 0 Å². The normalized spacial score (nSPS) is 13.2. The Balaban J connectivity index is 2.63. The van der Waals surface area contributed by atoms with Gasteiger partial charge < -0.3 is 5.32 Å². The number of fused-ring (bicyclic) bond motifs is 1. The standard InChI is InChI=1S/C15H20N2/c1-10(2)12-5-6-15-14(9-12)13(7-8-17-15)11(3)16-4/h5-11,16H,1-4H3. The molecule has 1 unspecified atom stereocenters. The van der Waals surface area contributed by atoms with E-state index in [1.54, 1.807) is 0 Å². The summed E-state index contributed by atoms with van der Waals surface area (Å²) in [6, 6.07) is 9.02. The fourth-order valence-corrected chi connectivity index (χ4v) is 2.08. The molecule has 0 saturated carbocycles. The third-order valence-corrected chi connectivity index (χ3v) is 3.37. The first-order chi connectivity index (χ1) is 8.13. The molecule has 0 aliphatic rings. The molecule has 2 heteroatoms. The summed E-state index contributed by atoms with van der Waals surface area (Å²) in [5, 5.41) is 4.56. The van der Waals surface area contributed by atoms with Gasteiger partial charge in [-0.05, 0) is 49.2 Å². The lowest BCUT2D eigenvalue weighted by Crippen LogP contribution is -2.12. The van der Waals surface area contributed by atoms with Crippen LogP contribution in [0.5, 0.6) is 0 Å². The van der Waals surface area contributed by atoms with E-state index in [1.807, 2.05) is 13.2 Å². The van der Waals surface area contributed by atoms with Crippen molar-refractivity contribution in [2.24, 2.45) is 0 Å². The summed E-state index contributed by atoms with van der Waals surface area (Å²) in [7, 11) is 1.99. The van der Waals surface area contributed by atoms with Crippen molar-refractivity contribution in [1.82, 2.24) is 10.3 Å². The Morgan fingerprint density at radius 1 is 1.12 bits per heavy atom. The zero-order valence-electron chi connectivity index (χ0n) is 11.0. The number of pyridine rings is 1. The van der Waals surface area contributed by atoms with Crippen LogP contribution in [0.1, 0.15) is 43.9 Å². The minimum Gasteiger partial charge on any atom is -0.313 e. The molecule has 0 saturated heterocycles. The number of hydrogen-bond acceptors (Lipinski definition) is 2. The molecule has 0 bridgehead atoms. The Morgan fingerprint density at radius 2 is 1.88 bits per heavy atom. The first kappa shape index (κ1) is 12.1. The summed E-state index contributed by atoms with van der Waals surface area (Å²) in [6.07, 6.45) is 1.89. The third kappa shape index (κ3) is 2.32. The number of nitrogens with zero attached hydrogens (tertiary/aromatic N) is 1. The molecule has 0 amide bonds. The number of rotatable bonds is 3. The molecule has 0 aliphatic heterocycles. The van der Waals surface area contributed by atoms with Gasteiger partial charge in [0, 0.05) is 17.6 Å². The highest BCUT2D eigenvalue weighted by molar-refractivity contribution is 5.83. The Hall–Kier alpha value is -1.41. The molecule has 0 aliphatic carbocycles. The predicted octanol–water partition coefficient (Wildman–Crippen LogP) is 3.64. The largest absolute Gasteiger partial charge is 0.313 e. The lowest BCUT2D eigenvalue weighted by Gasteiger charge is -2.15. The van der Waals surface area contributed by atoms with Gasteiger partial charge in [0.1, 0.15) is 0 Å². The van der Waals surface area contributed by atoms with Crippen LogP contribution in [0, 0.1) is 0 Å². The van der Waals surface area contributed by atoms with Gasteiger partial charge in [0.2, 0.25) is 0 Å². The van der Waals surface area contributed by atoms with E-state index in [-0.39, 0.29) is 0 Å². The van der Waals surface area contributed by atoms with Crippen LogP contribution in [-0.4, -0.2) is 12.0 Å². The van der Waals surface area contributed by atoms with Crippen LogP contribution in [0.3, 0.4) is 0 Å². The SMILES string of the molecule is CNC(C)c1ccnc2ccc(C(C)C)cc12. The Morgan fingerprint density at radius 3 is 2.53 bits per heavy atom. The average molecular weight is 228 g/mol. The van der Waals surface area contributed by atoms with Gasteiger partial charge in [0.05, 0.1) is 5.52 Å². The van der Waals surface area contributed by atoms with Gasteiger partial charge in [0.15, 0.2) is 0 Å². The summed E-state index contributed by atoms with van der Waals surface area (Å²) >= 11 is 0. The summed E-state index contributed by atoms with van der Waals surface area (Å²) < 4.78 is 0. The lowest BCUT2D eigenvalue weighted by molar-refractivity contribution is 0.656. The number of benzene rings is 1. The third-order valence-electron chi connectivity index (χ3n) is 3.37. The second-order valence-electron chi connectivity index (χ2n) is 4.84. The molecular formula is C15H20N2. The first-order valence-electron chi connectivity index (χ1n) is 6.19.